The highest BCUT2D eigenvalue weighted by Gasteiger charge is 2.58. The molecule has 1 aliphatic carbocycles. The second-order valence-electron chi connectivity index (χ2n) is 10.4. The number of amides is 2. The molecular formula is C20H23F5N8O. The zero-order chi connectivity index (χ0) is 23.9. The molecule has 4 fully saturated rings. The maximum Gasteiger partial charge on any atom is 0.453 e. The zero-order valence-electron chi connectivity index (χ0n) is 18.1. The van der Waals surface area contributed by atoms with Crippen molar-refractivity contribution in [1.82, 2.24) is 39.2 Å². The highest BCUT2D eigenvalue weighted by atomic mass is 19.4. The summed E-state index contributed by atoms with van der Waals surface area (Å²) in [5, 5.41) is 7.21. The van der Waals surface area contributed by atoms with Crippen molar-refractivity contribution >= 4 is 6.03 Å². The van der Waals surface area contributed by atoms with Gasteiger partial charge in [-0.25, -0.2) is 19.1 Å². The summed E-state index contributed by atoms with van der Waals surface area (Å²) in [5.41, 5.74) is 0.804. The average Bonchev–Trinajstić information content (AvgIpc) is 3.29. The van der Waals surface area contributed by atoms with Crippen molar-refractivity contribution in [1.29, 1.82) is 0 Å². The smallest absolute Gasteiger partial charge is 0.323 e. The maximum absolute atomic E-state index is 12.8. The summed E-state index contributed by atoms with van der Waals surface area (Å²) in [5.74, 6) is -1.12. The van der Waals surface area contributed by atoms with Gasteiger partial charge in [0.25, 0.3) is 5.82 Å². The number of hydrogen-bond acceptors (Lipinski definition) is 5. The number of carbonyl (C=O) groups excluding carboxylic acids is 1. The minimum Gasteiger partial charge on any atom is -0.323 e. The van der Waals surface area contributed by atoms with Gasteiger partial charge in [0, 0.05) is 68.4 Å². The van der Waals surface area contributed by atoms with Crippen molar-refractivity contribution in [2.45, 2.75) is 38.2 Å². The van der Waals surface area contributed by atoms with Gasteiger partial charge < -0.3 is 9.80 Å². The first-order valence-corrected chi connectivity index (χ1v) is 11.1. The summed E-state index contributed by atoms with van der Waals surface area (Å²) >= 11 is 0. The molecule has 0 aromatic carbocycles. The topological polar surface area (TPSA) is 75.3 Å². The Morgan fingerprint density at radius 2 is 1.71 bits per heavy atom. The summed E-state index contributed by atoms with van der Waals surface area (Å²) in [4.78, 5) is 21.9. The number of nitrogens with zero attached hydrogens (tertiary/aromatic N) is 8. The van der Waals surface area contributed by atoms with Crippen LogP contribution in [0.4, 0.5) is 26.7 Å². The van der Waals surface area contributed by atoms with E-state index in [2.05, 4.69) is 20.1 Å². The Balaban J connectivity index is 0.926. The molecule has 4 aliphatic rings. The van der Waals surface area contributed by atoms with Crippen LogP contribution in [-0.4, -0.2) is 84.5 Å². The number of alkyl halides is 5. The third kappa shape index (κ3) is 3.53. The molecule has 0 bridgehead atoms. The van der Waals surface area contributed by atoms with Gasteiger partial charge in [0.15, 0.2) is 0 Å². The van der Waals surface area contributed by atoms with E-state index in [1.54, 1.807) is 4.90 Å². The van der Waals surface area contributed by atoms with Crippen molar-refractivity contribution in [3.05, 3.63) is 30.1 Å². The van der Waals surface area contributed by atoms with E-state index in [0.717, 1.165) is 25.0 Å². The van der Waals surface area contributed by atoms with Crippen molar-refractivity contribution in [2.75, 3.05) is 39.3 Å². The Morgan fingerprint density at radius 3 is 2.26 bits per heavy atom. The van der Waals surface area contributed by atoms with E-state index >= 15 is 0 Å². The first-order valence-electron chi connectivity index (χ1n) is 11.1. The lowest BCUT2D eigenvalue weighted by Gasteiger charge is -2.63. The van der Waals surface area contributed by atoms with Gasteiger partial charge in [0.1, 0.15) is 6.33 Å². The summed E-state index contributed by atoms with van der Waals surface area (Å²) in [6.45, 7) is 2.17. The van der Waals surface area contributed by atoms with E-state index in [1.165, 1.54) is 17.1 Å². The molecule has 0 N–H and O–H groups in total. The predicted octanol–water partition coefficient (Wildman–Crippen LogP) is 2.46. The van der Waals surface area contributed by atoms with Crippen LogP contribution in [0.2, 0.25) is 0 Å². The fourth-order valence-corrected chi connectivity index (χ4v) is 6.00. The van der Waals surface area contributed by atoms with Gasteiger partial charge in [-0.05, 0) is 12.8 Å². The predicted molar refractivity (Wildman–Crippen MR) is 105 cm³/mol. The van der Waals surface area contributed by atoms with Gasteiger partial charge in [0.2, 0.25) is 0 Å². The molecule has 0 atom stereocenters. The number of urea groups is 1. The SMILES string of the molecule is O=C(N1CC2(CC(n3cnc(C(F)(F)F)n3)C2)C1)N1CC2(CN(Cc3cnn(C(F)F)c3)C2)C1. The zero-order valence-corrected chi connectivity index (χ0v) is 18.1. The minimum atomic E-state index is -4.55. The molecule has 2 spiro atoms. The summed E-state index contributed by atoms with van der Waals surface area (Å²) < 4.78 is 65.2. The fourth-order valence-electron chi connectivity index (χ4n) is 6.00. The lowest BCUT2D eigenvalue weighted by atomic mass is 9.60. The van der Waals surface area contributed by atoms with E-state index in [9.17, 15) is 26.7 Å². The number of aromatic nitrogens is 5. The summed E-state index contributed by atoms with van der Waals surface area (Å²) in [6.07, 6.45) is 0.785. The second-order valence-corrected chi connectivity index (χ2v) is 10.4. The molecule has 34 heavy (non-hydrogen) atoms. The van der Waals surface area contributed by atoms with Crippen molar-refractivity contribution in [2.24, 2.45) is 10.8 Å². The Bertz CT molecular complexity index is 1080. The van der Waals surface area contributed by atoms with Gasteiger partial charge in [-0.3, -0.25) is 4.90 Å². The molecule has 3 saturated heterocycles. The van der Waals surface area contributed by atoms with Crippen molar-refractivity contribution in [3.63, 3.8) is 0 Å². The largest absolute Gasteiger partial charge is 0.453 e. The number of halogens is 5. The molecule has 0 radical (unpaired) electrons. The van der Waals surface area contributed by atoms with E-state index in [4.69, 9.17) is 0 Å². The second kappa shape index (κ2) is 7.12. The van der Waals surface area contributed by atoms with Crippen LogP contribution in [0.5, 0.6) is 0 Å². The first-order chi connectivity index (χ1) is 16.0. The van der Waals surface area contributed by atoms with Gasteiger partial charge in [-0.2, -0.15) is 27.1 Å². The van der Waals surface area contributed by atoms with E-state index in [0.29, 0.717) is 50.2 Å². The average molecular weight is 486 g/mol. The molecule has 0 unspecified atom stereocenters. The number of hydrogen-bond donors (Lipinski definition) is 0. The number of likely N-dealkylation sites (tertiary alicyclic amines) is 3. The standard InChI is InChI=1S/C20H23F5N8O/c21-16(22)32-5-13(3-27-32)4-29-6-19(7-29)10-31(11-19)17(34)30-8-18(9-30)1-14(2-18)33-12-26-15(28-33)20(23,24)25/h3,5,12,14,16H,1-2,4,6-11H2. The molecule has 6 rings (SSSR count). The van der Waals surface area contributed by atoms with E-state index < -0.39 is 18.6 Å². The van der Waals surface area contributed by atoms with Gasteiger partial charge in [0.05, 0.1) is 12.2 Å². The Morgan fingerprint density at radius 1 is 1.06 bits per heavy atom. The highest BCUT2D eigenvalue weighted by Crippen LogP contribution is 2.54. The van der Waals surface area contributed by atoms with Crippen LogP contribution < -0.4 is 0 Å². The monoisotopic (exact) mass is 486 g/mol. The van der Waals surface area contributed by atoms with Gasteiger partial charge in [-0.15, -0.1) is 5.10 Å². The van der Waals surface area contributed by atoms with Crippen LogP contribution in [-0.2, 0) is 12.7 Å². The van der Waals surface area contributed by atoms with Crippen LogP contribution in [0.3, 0.4) is 0 Å². The normalized spacial score (nSPS) is 23.7. The van der Waals surface area contributed by atoms with E-state index in [1.807, 2.05) is 4.90 Å². The molecule has 2 aromatic rings. The maximum atomic E-state index is 12.8. The van der Waals surface area contributed by atoms with Crippen LogP contribution in [0.15, 0.2) is 18.7 Å². The van der Waals surface area contributed by atoms with Gasteiger partial charge >= 0.3 is 18.8 Å². The quantitative estimate of drug-likeness (QED) is 0.621. The lowest BCUT2D eigenvalue weighted by molar-refractivity contribution is -0.145. The van der Waals surface area contributed by atoms with Crippen LogP contribution >= 0.6 is 0 Å². The molecule has 3 aliphatic heterocycles. The van der Waals surface area contributed by atoms with E-state index in [-0.39, 0.29) is 22.9 Å². The molecular weight excluding hydrogens is 463 g/mol. The third-order valence-corrected chi connectivity index (χ3v) is 7.50. The summed E-state index contributed by atoms with van der Waals surface area (Å²) in [6, 6.07) is -0.0987. The lowest BCUT2D eigenvalue weighted by Crippen LogP contribution is -2.75. The minimum absolute atomic E-state index is 0.0106. The fraction of sp³-hybridized carbons (Fsp3) is 0.700. The van der Waals surface area contributed by atoms with Gasteiger partial charge in [-0.1, -0.05) is 0 Å². The third-order valence-electron chi connectivity index (χ3n) is 7.50. The molecule has 9 nitrogen and oxygen atoms in total. The molecule has 2 amide bonds. The first kappa shape index (κ1) is 21.7. The Kier molecular flexibility index (Phi) is 4.55. The molecule has 1 saturated carbocycles. The van der Waals surface area contributed by atoms with Crippen LogP contribution in [0.25, 0.3) is 0 Å². The molecule has 2 aromatic heterocycles. The van der Waals surface area contributed by atoms with Crippen LogP contribution in [0, 0.1) is 10.8 Å². The Hall–Kier alpha value is -2.77. The van der Waals surface area contributed by atoms with Crippen LogP contribution in [0.1, 0.15) is 36.8 Å². The Labute approximate surface area is 191 Å². The van der Waals surface area contributed by atoms with Crippen molar-refractivity contribution < 1.29 is 26.7 Å². The molecule has 14 heteroatoms. The summed E-state index contributed by atoms with van der Waals surface area (Å²) in [7, 11) is 0. The highest BCUT2D eigenvalue weighted by molar-refractivity contribution is 5.77. The molecule has 5 heterocycles. The number of carbonyl (C=O) groups is 1. The molecule has 184 valence electrons. The number of rotatable bonds is 4. The van der Waals surface area contributed by atoms with Crippen molar-refractivity contribution in [3.8, 4) is 0 Å².